The first kappa shape index (κ1) is 11.6. The number of hydrogen-bond acceptors (Lipinski definition) is 3. The molecule has 0 amide bonds. The molecule has 2 N–H and O–H groups in total. The van der Waals surface area contributed by atoms with Crippen molar-refractivity contribution in [1.29, 1.82) is 0 Å². The quantitative estimate of drug-likeness (QED) is 0.814. The van der Waals surface area contributed by atoms with E-state index in [1.54, 1.807) is 6.20 Å². The minimum atomic E-state index is 0.635. The van der Waals surface area contributed by atoms with Crippen LogP contribution in [0.15, 0.2) is 18.3 Å². The van der Waals surface area contributed by atoms with Gasteiger partial charge in [-0.05, 0) is 38.8 Å². The topological polar surface area (TPSA) is 51.8 Å². The van der Waals surface area contributed by atoms with Gasteiger partial charge in [-0.1, -0.05) is 17.7 Å². The van der Waals surface area contributed by atoms with Gasteiger partial charge in [0.25, 0.3) is 0 Å². The Bertz CT molecular complexity index is 551. The number of aromatic nitrogens is 2. The Hall–Kier alpha value is -1.90. The molecule has 88 valence electrons. The first-order valence-electron chi connectivity index (χ1n) is 5.66. The minimum Gasteiger partial charge on any atom is -0.396 e. The van der Waals surface area contributed by atoms with E-state index in [1.807, 2.05) is 6.92 Å². The van der Waals surface area contributed by atoms with Crippen molar-refractivity contribution in [2.45, 2.75) is 27.7 Å². The number of anilines is 1. The molecule has 0 radical (unpaired) electrons. The van der Waals surface area contributed by atoms with Crippen LogP contribution in [-0.4, -0.2) is 9.97 Å². The summed E-state index contributed by atoms with van der Waals surface area (Å²) in [7, 11) is 0. The molecular formula is C14H17N3. The van der Waals surface area contributed by atoms with Gasteiger partial charge in [-0.15, -0.1) is 0 Å². The zero-order valence-corrected chi connectivity index (χ0v) is 10.7. The van der Waals surface area contributed by atoms with Crippen LogP contribution in [0, 0.1) is 27.7 Å². The summed E-state index contributed by atoms with van der Waals surface area (Å²) in [6.45, 7) is 8.17. The lowest BCUT2D eigenvalue weighted by Gasteiger charge is -2.11. The summed E-state index contributed by atoms with van der Waals surface area (Å²) >= 11 is 0. The molecule has 3 nitrogen and oxygen atoms in total. The van der Waals surface area contributed by atoms with Crippen LogP contribution in [0.3, 0.4) is 0 Å². The van der Waals surface area contributed by atoms with Gasteiger partial charge in [-0.2, -0.15) is 0 Å². The molecular weight excluding hydrogens is 210 g/mol. The lowest BCUT2D eigenvalue weighted by atomic mass is 9.99. The third-order valence-electron chi connectivity index (χ3n) is 2.92. The second-order valence-corrected chi connectivity index (χ2v) is 4.51. The maximum atomic E-state index is 5.74. The predicted molar refractivity (Wildman–Crippen MR) is 70.8 cm³/mol. The van der Waals surface area contributed by atoms with Crippen molar-refractivity contribution in [3.63, 3.8) is 0 Å². The van der Waals surface area contributed by atoms with E-state index in [9.17, 15) is 0 Å². The van der Waals surface area contributed by atoms with Crippen LogP contribution in [0.2, 0.25) is 0 Å². The van der Waals surface area contributed by atoms with Crippen LogP contribution in [0.4, 0.5) is 5.69 Å². The van der Waals surface area contributed by atoms with Crippen molar-refractivity contribution < 1.29 is 0 Å². The smallest absolute Gasteiger partial charge is 0.160 e. The third-order valence-corrected chi connectivity index (χ3v) is 2.92. The molecule has 2 aromatic rings. The van der Waals surface area contributed by atoms with Gasteiger partial charge in [0.05, 0.1) is 17.6 Å². The van der Waals surface area contributed by atoms with E-state index in [-0.39, 0.29) is 0 Å². The van der Waals surface area contributed by atoms with Gasteiger partial charge in [0.2, 0.25) is 0 Å². The fourth-order valence-corrected chi connectivity index (χ4v) is 2.13. The molecule has 0 aliphatic heterocycles. The molecule has 0 aliphatic rings. The second kappa shape index (κ2) is 4.17. The van der Waals surface area contributed by atoms with Crippen molar-refractivity contribution >= 4 is 5.69 Å². The Morgan fingerprint density at radius 3 is 2.12 bits per heavy atom. The molecule has 0 bridgehead atoms. The maximum absolute atomic E-state index is 5.74. The van der Waals surface area contributed by atoms with Crippen LogP contribution >= 0.6 is 0 Å². The summed E-state index contributed by atoms with van der Waals surface area (Å²) < 4.78 is 0. The highest BCUT2D eigenvalue weighted by Gasteiger charge is 2.10. The highest BCUT2D eigenvalue weighted by atomic mass is 14.9. The lowest BCUT2D eigenvalue weighted by molar-refractivity contribution is 1.10. The number of aryl methyl sites for hydroxylation is 4. The Morgan fingerprint density at radius 2 is 1.59 bits per heavy atom. The number of nitrogens with zero attached hydrogens (tertiary/aromatic N) is 2. The summed E-state index contributed by atoms with van der Waals surface area (Å²) in [5.41, 5.74) is 12.0. The monoisotopic (exact) mass is 227 g/mol. The van der Waals surface area contributed by atoms with Crippen LogP contribution < -0.4 is 5.73 Å². The zero-order chi connectivity index (χ0) is 12.6. The van der Waals surface area contributed by atoms with Gasteiger partial charge in [0.15, 0.2) is 5.82 Å². The largest absolute Gasteiger partial charge is 0.396 e. The Balaban J connectivity index is 2.64. The van der Waals surface area contributed by atoms with Gasteiger partial charge in [0.1, 0.15) is 0 Å². The number of hydrogen-bond donors (Lipinski definition) is 1. The van der Waals surface area contributed by atoms with Crippen LogP contribution in [0.25, 0.3) is 11.4 Å². The molecule has 3 heteroatoms. The van der Waals surface area contributed by atoms with E-state index in [2.05, 4.69) is 42.9 Å². The second-order valence-electron chi connectivity index (χ2n) is 4.51. The maximum Gasteiger partial charge on any atom is 0.160 e. The molecule has 0 unspecified atom stereocenters. The molecule has 0 atom stereocenters. The summed E-state index contributed by atoms with van der Waals surface area (Å²) in [5.74, 6) is 0.756. The molecule has 0 aliphatic carbocycles. The fourth-order valence-electron chi connectivity index (χ4n) is 2.13. The Labute approximate surface area is 102 Å². The summed E-state index contributed by atoms with van der Waals surface area (Å²) in [6, 6.07) is 4.30. The van der Waals surface area contributed by atoms with Crippen LogP contribution in [-0.2, 0) is 0 Å². The van der Waals surface area contributed by atoms with Crippen molar-refractivity contribution in [2.75, 3.05) is 5.73 Å². The van der Waals surface area contributed by atoms with Crippen molar-refractivity contribution in [3.05, 3.63) is 40.7 Å². The van der Waals surface area contributed by atoms with E-state index in [1.165, 1.54) is 16.7 Å². The predicted octanol–water partition coefficient (Wildman–Crippen LogP) is 2.96. The molecule has 2 rings (SSSR count). The Kier molecular flexibility index (Phi) is 2.84. The number of rotatable bonds is 1. The normalized spacial score (nSPS) is 10.6. The molecule has 0 fully saturated rings. The molecule has 0 spiro atoms. The number of nitrogens with two attached hydrogens (primary N) is 1. The van der Waals surface area contributed by atoms with Crippen molar-refractivity contribution in [1.82, 2.24) is 9.97 Å². The third kappa shape index (κ3) is 2.13. The average Bonchev–Trinajstić information content (AvgIpc) is 2.21. The van der Waals surface area contributed by atoms with Gasteiger partial charge in [0, 0.05) is 5.56 Å². The highest BCUT2D eigenvalue weighted by Crippen LogP contribution is 2.26. The average molecular weight is 227 g/mol. The molecule has 17 heavy (non-hydrogen) atoms. The van der Waals surface area contributed by atoms with E-state index in [4.69, 9.17) is 5.73 Å². The van der Waals surface area contributed by atoms with Crippen molar-refractivity contribution in [2.24, 2.45) is 0 Å². The summed E-state index contributed by atoms with van der Waals surface area (Å²) in [4.78, 5) is 8.78. The molecule has 0 saturated carbocycles. The summed E-state index contributed by atoms with van der Waals surface area (Å²) in [6.07, 6.45) is 1.68. The van der Waals surface area contributed by atoms with E-state index in [0.29, 0.717) is 5.69 Å². The van der Waals surface area contributed by atoms with Gasteiger partial charge in [-0.3, -0.25) is 0 Å². The first-order valence-corrected chi connectivity index (χ1v) is 5.66. The van der Waals surface area contributed by atoms with Crippen LogP contribution in [0.1, 0.15) is 22.4 Å². The van der Waals surface area contributed by atoms with Crippen LogP contribution in [0.5, 0.6) is 0 Å². The van der Waals surface area contributed by atoms with E-state index < -0.39 is 0 Å². The summed E-state index contributed by atoms with van der Waals surface area (Å²) in [5, 5.41) is 0. The molecule has 1 aromatic heterocycles. The van der Waals surface area contributed by atoms with Gasteiger partial charge in [-0.25, -0.2) is 9.97 Å². The Morgan fingerprint density at radius 1 is 1.00 bits per heavy atom. The van der Waals surface area contributed by atoms with Gasteiger partial charge >= 0.3 is 0 Å². The lowest BCUT2D eigenvalue weighted by Crippen LogP contribution is -2.00. The standard InChI is InChI=1S/C14H17N3/c1-8-5-9(2)13(10(3)6-8)14-16-7-12(15)11(4)17-14/h5-7H,15H2,1-4H3. The van der Waals surface area contributed by atoms with E-state index >= 15 is 0 Å². The van der Waals surface area contributed by atoms with E-state index in [0.717, 1.165) is 17.1 Å². The molecule has 1 heterocycles. The fraction of sp³-hybridized carbons (Fsp3) is 0.286. The SMILES string of the molecule is Cc1cc(C)c(-c2ncc(N)c(C)n2)c(C)c1. The number of benzene rings is 1. The first-order chi connectivity index (χ1) is 7.99. The van der Waals surface area contributed by atoms with Gasteiger partial charge < -0.3 is 5.73 Å². The number of nitrogen functional groups attached to an aromatic ring is 1. The van der Waals surface area contributed by atoms with Crippen molar-refractivity contribution in [3.8, 4) is 11.4 Å². The molecule has 0 saturated heterocycles. The highest BCUT2D eigenvalue weighted by molar-refractivity contribution is 5.66. The minimum absolute atomic E-state index is 0.635. The molecule has 1 aromatic carbocycles. The zero-order valence-electron chi connectivity index (χ0n) is 10.7.